The first kappa shape index (κ1) is 13.6. The second kappa shape index (κ2) is 5.88. The zero-order chi connectivity index (χ0) is 14.5. The van der Waals surface area contributed by atoms with Crippen LogP contribution in [0.15, 0.2) is 48.5 Å². The van der Waals surface area contributed by atoms with Gasteiger partial charge in [0.25, 0.3) is 11.8 Å². The summed E-state index contributed by atoms with van der Waals surface area (Å²) in [6, 6.07) is 13.1. The molecular weight excluding hydrogens is 256 g/mol. The minimum Gasteiger partial charge on any atom is -0.507 e. The van der Waals surface area contributed by atoms with E-state index in [-0.39, 0.29) is 11.3 Å². The number of aromatic hydroxyl groups is 1. The molecule has 0 saturated carbocycles. The SMILES string of the molecule is Cc1ccccc1C(=O)NNC(=O)c1ccccc1O. The largest absolute Gasteiger partial charge is 0.507 e. The summed E-state index contributed by atoms with van der Waals surface area (Å²) < 4.78 is 0. The van der Waals surface area contributed by atoms with Crippen molar-refractivity contribution in [1.82, 2.24) is 10.9 Å². The maximum absolute atomic E-state index is 11.9. The van der Waals surface area contributed by atoms with E-state index in [9.17, 15) is 14.7 Å². The van der Waals surface area contributed by atoms with Crippen LogP contribution in [0.4, 0.5) is 0 Å². The van der Waals surface area contributed by atoms with Crippen LogP contribution < -0.4 is 10.9 Å². The Morgan fingerprint density at radius 2 is 1.35 bits per heavy atom. The Labute approximate surface area is 116 Å². The molecule has 2 amide bonds. The van der Waals surface area contributed by atoms with Gasteiger partial charge in [0.2, 0.25) is 0 Å². The van der Waals surface area contributed by atoms with Gasteiger partial charge in [0.1, 0.15) is 5.75 Å². The van der Waals surface area contributed by atoms with Crippen LogP contribution in [0.3, 0.4) is 0 Å². The topological polar surface area (TPSA) is 78.4 Å². The number of aryl methyl sites for hydroxylation is 1. The lowest BCUT2D eigenvalue weighted by Crippen LogP contribution is -2.41. The van der Waals surface area contributed by atoms with Gasteiger partial charge in [-0.3, -0.25) is 20.4 Å². The van der Waals surface area contributed by atoms with Crippen molar-refractivity contribution in [3.63, 3.8) is 0 Å². The molecule has 5 heteroatoms. The van der Waals surface area contributed by atoms with Crippen molar-refractivity contribution in [1.29, 1.82) is 0 Å². The quantitative estimate of drug-likeness (QED) is 0.728. The fourth-order valence-corrected chi connectivity index (χ4v) is 1.74. The van der Waals surface area contributed by atoms with E-state index in [4.69, 9.17) is 0 Å². The Morgan fingerprint density at radius 3 is 1.95 bits per heavy atom. The van der Waals surface area contributed by atoms with Crippen molar-refractivity contribution in [3.05, 3.63) is 65.2 Å². The molecule has 0 radical (unpaired) electrons. The minimum absolute atomic E-state index is 0.0950. The lowest BCUT2D eigenvalue weighted by molar-refractivity contribution is 0.0844. The van der Waals surface area contributed by atoms with Gasteiger partial charge in [-0.1, -0.05) is 30.3 Å². The number of hydrogen-bond donors (Lipinski definition) is 3. The van der Waals surface area contributed by atoms with Gasteiger partial charge >= 0.3 is 0 Å². The van der Waals surface area contributed by atoms with Crippen molar-refractivity contribution in [2.24, 2.45) is 0 Å². The minimum atomic E-state index is -0.579. The molecule has 2 aromatic rings. The molecule has 102 valence electrons. The summed E-state index contributed by atoms with van der Waals surface area (Å²) >= 11 is 0. The normalized spacial score (nSPS) is 9.85. The molecule has 5 nitrogen and oxygen atoms in total. The fraction of sp³-hybridized carbons (Fsp3) is 0.0667. The van der Waals surface area contributed by atoms with E-state index in [1.54, 1.807) is 37.3 Å². The molecular formula is C15H14N2O3. The molecule has 2 aromatic carbocycles. The second-order valence-corrected chi connectivity index (χ2v) is 4.24. The van der Waals surface area contributed by atoms with Crippen LogP contribution >= 0.6 is 0 Å². The Bertz CT molecular complexity index is 596. The lowest BCUT2D eigenvalue weighted by Gasteiger charge is -2.09. The number of para-hydroxylation sites is 1. The molecule has 0 fully saturated rings. The summed E-state index contributed by atoms with van der Waals surface area (Å²) in [7, 11) is 0. The van der Waals surface area contributed by atoms with Crippen LogP contribution in [0.25, 0.3) is 0 Å². The van der Waals surface area contributed by atoms with E-state index >= 15 is 0 Å². The first-order valence-electron chi connectivity index (χ1n) is 6.04. The summed E-state index contributed by atoms with van der Waals surface area (Å²) in [6.45, 7) is 1.81. The van der Waals surface area contributed by atoms with Gasteiger partial charge in [-0.25, -0.2) is 0 Å². The van der Waals surface area contributed by atoms with Gasteiger partial charge in [-0.05, 0) is 30.7 Å². The molecule has 0 spiro atoms. The van der Waals surface area contributed by atoms with Crippen molar-refractivity contribution in [2.75, 3.05) is 0 Å². The van der Waals surface area contributed by atoms with E-state index in [0.29, 0.717) is 5.56 Å². The Balaban J connectivity index is 2.03. The fourth-order valence-electron chi connectivity index (χ4n) is 1.74. The van der Waals surface area contributed by atoms with Crippen LogP contribution in [0.2, 0.25) is 0 Å². The number of hydrogen-bond acceptors (Lipinski definition) is 3. The molecule has 3 N–H and O–H groups in total. The van der Waals surface area contributed by atoms with Crippen LogP contribution in [0.1, 0.15) is 26.3 Å². The number of hydrazine groups is 1. The van der Waals surface area contributed by atoms with Crippen molar-refractivity contribution in [3.8, 4) is 5.75 Å². The maximum Gasteiger partial charge on any atom is 0.273 e. The Morgan fingerprint density at radius 1 is 0.850 bits per heavy atom. The van der Waals surface area contributed by atoms with Crippen LogP contribution in [0, 0.1) is 6.92 Å². The van der Waals surface area contributed by atoms with E-state index in [2.05, 4.69) is 10.9 Å². The third-order valence-electron chi connectivity index (χ3n) is 2.83. The molecule has 0 aliphatic carbocycles. The molecule has 0 unspecified atom stereocenters. The number of carbonyl (C=O) groups is 2. The highest BCUT2D eigenvalue weighted by molar-refractivity contribution is 6.00. The molecule has 2 rings (SSSR count). The van der Waals surface area contributed by atoms with E-state index in [1.165, 1.54) is 12.1 Å². The standard InChI is InChI=1S/C15H14N2O3/c1-10-6-2-3-7-11(10)14(19)16-17-15(20)12-8-4-5-9-13(12)18/h2-9,18H,1H3,(H,16,19)(H,17,20). The number of benzene rings is 2. The highest BCUT2D eigenvalue weighted by atomic mass is 16.3. The highest BCUT2D eigenvalue weighted by Crippen LogP contribution is 2.14. The summed E-state index contributed by atoms with van der Waals surface area (Å²) in [5.74, 6) is -1.13. The van der Waals surface area contributed by atoms with Crippen molar-refractivity contribution >= 4 is 11.8 Å². The molecule has 0 aliphatic rings. The average Bonchev–Trinajstić information content (AvgIpc) is 2.45. The summed E-state index contributed by atoms with van der Waals surface area (Å²) in [5, 5.41) is 9.53. The summed E-state index contributed by atoms with van der Waals surface area (Å²) in [6.07, 6.45) is 0. The summed E-state index contributed by atoms with van der Waals surface area (Å²) in [4.78, 5) is 23.7. The first-order valence-corrected chi connectivity index (χ1v) is 6.04. The van der Waals surface area contributed by atoms with Crippen molar-refractivity contribution in [2.45, 2.75) is 6.92 Å². The second-order valence-electron chi connectivity index (χ2n) is 4.24. The van der Waals surface area contributed by atoms with Gasteiger partial charge in [0, 0.05) is 5.56 Å². The monoisotopic (exact) mass is 270 g/mol. The number of phenolic OH excluding ortho intramolecular Hbond substituents is 1. The zero-order valence-corrected chi connectivity index (χ0v) is 10.9. The predicted octanol–water partition coefficient (Wildman–Crippen LogP) is 1.78. The highest BCUT2D eigenvalue weighted by Gasteiger charge is 2.12. The van der Waals surface area contributed by atoms with E-state index < -0.39 is 11.8 Å². The molecule has 0 saturated heterocycles. The number of rotatable bonds is 2. The molecule has 0 aliphatic heterocycles. The molecule has 0 heterocycles. The molecule has 0 atom stereocenters. The van der Waals surface area contributed by atoms with Gasteiger partial charge in [-0.15, -0.1) is 0 Å². The number of phenols is 1. The number of amides is 2. The first-order chi connectivity index (χ1) is 9.59. The molecule has 20 heavy (non-hydrogen) atoms. The van der Waals surface area contributed by atoms with Gasteiger partial charge in [-0.2, -0.15) is 0 Å². The smallest absolute Gasteiger partial charge is 0.273 e. The van der Waals surface area contributed by atoms with E-state index in [1.807, 2.05) is 6.07 Å². The third kappa shape index (κ3) is 2.95. The number of carbonyl (C=O) groups excluding carboxylic acids is 2. The van der Waals surface area contributed by atoms with E-state index in [0.717, 1.165) is 5.56 Å². The van der Waals surface area contributed by atoms with Crippen LogP contribution in [-0.2, 0) is 0 Å². The van der Waals surface area contributed by atoms with Crippen molar-refractivity contribution < 1.29 is 14.7 Å². The average molecular weight is 270 g/mol. The molecule has 0 aromatic heterocycles. The van der Waals surface area contributed by atoms with Crippen LogP contribution in [0.5, 0.6) is 5.75 Å². The Kier molecular flexibility index (Phi) is 4.00. The number of nitrogens with one attached hydrogen (secondary N) is 2. The van der Waals surface area contributed by atoms with Gasteiger partial charge < -0.3 is 5.11 Å². The van der Waals surface area contributed by atoms with Gasteiger partial charge in [0.15, 0.2) is 0 Å². The van der Waals surface area contributed by atoms with Gasteiger partial charge in [0.05, 0.1) is 5.56 Å². The maximum atomic E-state index is 11.9. The third-order valence-corrected chi connectivity index (χ3v) is 2.83. The lowest BCUT2D eigenvalue weighted by atomic mass is 10.1. The molecule has 0 bridgehead atoms. The van der Waals surface area contributed by atoms with Crippen LogP contribution in [-0.4, -0.2) is 16.9 Å². The predicted molar refractivity (Wildman–Crippen MR) is 74.2 cm³/mol. The summed E-state index contributed by atoms with van der Waals surface area (Å²) in [5.41, 5.74) is 5.96. The Hall–Kier alpha value is -2.82. The zero-order valence-electron chi connectivity index (χ0n) is 10.9.